The molecule has 3 atom stereocenters. The van der Waals surface area contributed by atoms with Crippen LogP contribution in [0.1, 0.15) is 41.5 Å². The summed E-state index contributed by atoms with van der Waals surface area (Å²) in [7, 11) is 0. The summed E-state index contributed by atoms with van der Waals surface area (Å²) in [6.07, 6.45) is 6.15. The van der Waals surface area contributed by atoms with Gasteiger partial charge in [-0.25, -0.2) is 0 Å². The van der Waals surface area contributed by atoms with Crippen LogP contribution in [0.3, 0.4) is 0 Å². The maximum Gasteiger partial charge on any atom is 0.0504 e. The van der Waals surface area contributed by atoms with Crippen LogP contribution in [0.2, 0.25) is 0 Å². The second kappa shape index (κ2) is 11.9. The van der Waals surface area contributed by atoms with Gasteiger partial charge in [0.25, 0.3) is 0 Å². The summed E-state index contributed by atoms with van der Waals surface area (Å²) < 4.78 is 0. The minimum atomic E-state index is -0.206. The Kier molecular flexibility index (Phi) is 6.96. The number of fused-ring (bicyclic) bond motifs is 10. The van der Waals surface area contributed by atoms with E-state index in [9.17, 15) is 0 Å². The third-order valence-electron chi connectivity index (χ3n) is 11.8. The van der Waals surface area contributed by atoms with Crippen LogP contribution in [0.4, 0.5) is 17.1 Å². The number of hydrogen-bond donors (Lipinski definition) is 0. The summed E-state index contributed by atoms with van der Waals surface area (Å²) in [6.45, 7) is 2.39. The standard InChI is InChI=1S/C50H39N/c1-34-20-30-44-45-31-29-41(33-49(45)50(48(44)32-34)46-18-10-8-16-42(46)43-17-9-11-19-47(43)50)51(39-25-21-37(22-26-39)35-12-4-2-5-13-35)40-27-23-38(24-28-40)36-14-6-3-7-15-36/h2-31,33-34,44,48H,32H2,1H3/t34-,44?,48?/m0/s1. The minimum Gasteiger partial charge on any atom is -0.310 e. The first-order chi connectivity index (χ1) is 25.2. The van der Waals surface area contributed by atoms with E-state index in [0.717, 1.165) is 11.4 Å². The molecular weight excluding hydrogens is 615 g/mol. The highest BCUT2D eigenvalue weighted by Crippen LogP contribution is 2.66. The zero-order valence-electron chi connectivity index (χ0n) is 28.8. The van der Waals surface area contributed by atoms with E-state index in [1.807, 2.05) is 0 Å². The van der Waals surface area contributed by atoms with Crippen LogP contribution in [0.5, 0.6) is 0 Å². The molecule has 0 bridgehead atoms. The molecule has 7 aromatic carbocycles. The maximum atomic E-state index is 2.54. The molecule has 51 heavy (non-hydrogen) atoms. The second-order valence-corrected chi connectivity index (χ2v) is 14.6. The van der Waals surface area contributed by atoms with E-state index in [1.54, 1.807) is 0 Å². The van der Waals surface area contributed by atoms with Crippen molar-refractivity contribution in [3.8, 4) is 33.4 Å². The molecule has 1 heteroatoms. The molecule has 0 aromatic heterocycles. The molecule has 2 unspecified atom stereocenters. The van der Waals surface area contributed by atoms with Crippen molar-refractivity contribution in [1.82, 2.24) is 0 Å². The van der Waals surface area contributed by atoms with Gasteiger partial charge in [-0.05, 0) is 110 Å². The Hall–Kier alpha value is -5.92. The zero-order valence-corrected chi connectivity index (χ0v) is 28.8. The number of hydrogen-bond acceptors (Lipinski definition) is 1. The highest BCUT2D eigenvalue weighted by molar-refractivity contribution is 5.87. The van der Waals surface area contributed by atoms with Gasteiger partial charge in [0.15, 0.2) is 0 Å². The van der Waals surface area contributed by atoms with Gasteiger partial charge in [0.2, 0.25) is 0 Å². The molecule has 0 aliphatic heterocycles. The van der Waals surface area contributed by atoms with Gasteiger partial charge in [0.1, 0.15) is 0 Å². The fourth-order valence-electron chi connectivity index (χ4n) is 9.62. The van der Waals surface area contributed by atoms with Crippen LogP contribution in [0, 0.1) is 11.8 Å². The van der Waals surface area contributed by atoms with E-state index < -0.39 is 0 Å². The number of nitrogens with zero attached hydrogens (tertiary/aromatic N) is 1. The third kappa shape index (κ3) is 4.61. The second-order valence-electron chi connectivity index (χ2n) is 14.6. The van der Waals surface area contributed by atoms with Crippen LogP contribution < -0.4 is 4.90 Å². The van der Waals surface area contributed by atoms with Gasteiger partial charge in [-0.3, -0.25) is 0 Å². The van der Waals surface area contributed by atoms with Crippen LogP contribution in [0.25, 0.3) is 33.4 Å². The highest BCUT2D eigenvalue weighted by atomic mass is 15.1. The molecule has 0 radical (unpaired) electrons. The van der Waals surface area contributed by atoms with E-state index >= 15 is 0 Å². The number of allylic oxidation sites excluding steroid dienone is 2. The average molecular weight is 654 g/mol. The Morgan fingerprint density at radius 3 is 1.47 bits per heavy atom. The largest absolute Gasteiger partial charge is 0.310 e. The van der Waals surface area contributed by atoms with Gasteiger partial charge in [-0.1, -0.05) is 159 Å². The van der Waals surface area contributed by atoms with E-state index in [-0.39, 0.29) is 5.41 Å². The van der Waals surface area contributed by atoms with Crippen molar-refractivity contribution < 1.29 is 0 Å². The lowest BCUT2D eigenvalue weighted by Crippen LogP contribution is -2.35. The summed E-state index contributed by atoms with van der Waals surface area (Å²) in [5.74, 6) is 1.38. The van der Waals surface area contributed by atoms with Gasteiger partial charge in [-0.15, -0.1) is 0 Å². The quantitative estimate of drug-likeness (QED) is 0.167. The van der Waals surface area contributed by atoms with Crippen molar-refractivity contribution in [2.75, 3.05) is 4.90 Å². The lowest BCUT2D eigenvalue weighted by Gasteiger charge is -2.39. The molecule has 10 rings (SSSR count). The lowest BCUT2D eigenvalue weighted by molar-refractivity contribution is 0.314. The Morgan fingerprint density at radius 1 is 0.451 bits per heavy atom. The molecule has 0 saturated carbocycles. The molecule has 3 aliphatic carbocycles. The van der Waals surface area contributed by atoms with Crippen LogP contribution in [-0.2, 0) is 5.41 Å². The van der Waals surface area contributed by atoms with Crippen molar-refractivity contribution in [2.24, 2.45) is 11.8 Å². The molecule has 0 fully saturated rings. The first-order valence-electron chi connectivity index (χ1n) is 18.3. The van der Waals surface area contributed by atoms with E-state index in [0.29, 0.717) is 17.8 Å². The molecule has 1 nitrogen and oxygen atoms in total. The SMILES string of the molecule is C[C@H]1C=CC2c3ccc(N(c4ccc(-c5ccccc5)cc4)c4ccc(-c5ccccc5)cc4)cc3C3(c4ccccc4-c4ccccc43)C2C1. The van der Waals surface area contributed by atoms with Crippen LogP contribution in [0.15, 0.2) is 188 Å². The minimum absolute atomic E-state index is 0.206. The topological polar surface area (TPSA) is 3.24 Å². The smallest absolute Gasteiger partial charge is 0.0504 e. The van der Waals surface area contributed by atoms with Gasteiger partial charge in [-0.2, -0.15) is 0 Å². The Morgan fingerprint density at radius 2 is 0.922 bits per heavy atom. The molecule has 0 heterocycles. The van der Waals surface area contributed by atoms with Gasteiger partial charge < -0.3 is 4.90 Å². The van der Waals surface area contributed by atoms with Crippen molar-refractivity contribution in [3.63, 3.8) is 0 Å². The Bertz CT molecular complexity index is 2280. The van der Waals surface area contributed by atoms with Gasteiger partial charge >= 0.3 is 0 Å². The van der Waals surface area contributed by atoms with E-state index in [4.69, 9.17) is 0 Å². The number of rotatable bonds is 5. The molecule has 7 aromatic rings. The Labute approximate surface area is 301 Å². The van der Waals surface area contributed by atoms with E-state index in [1.165, 1.54) is 67.7 Å². The third-order valence-corrected chi connectivity index (χ3v) is 11.8. The van der Waals surface area contributed by atoms with Gasteiger partial charge in [0.05, 0.1) is 5.41 Å². The fourth-order valence-corrected chi connectivity index (χ4v) is 9.62. The number of benzene rings is 7. The van der Waals surface area contributed by atoms with E-state index in [2.05, 4.69) is 200 Å². The summed E-state index contributed by atoms with van der Waals surface area (Å²) in [5.41, 5.74) is 16.8. The summed E-state index contributed by atoms with van der Waals surface area (Å²) >= 11 is 0. The average Bonchev–Trinajstić information content (AvgIpc) is 3.66. The zero-order chi connectivity index (χ0) is 33.9. The highest BCUT2D eigenvalue weighted by Gasteiger charge is 2.58. The molecular formula is C50H39N. The monoisotopic (exact) mass is 653 g/mol. The van der Waals surface area contributed by atoms with Gasteiger partial charge in [0, 0.05) is 23.0 Å². The fraction of sp³-hybridized carbons (Fsp3) is 0.120. The van der Waals surface area contributed by atoms with Crippen LogP contribution >= 0.6 is 0 Å². The number of anilines is 3. The van der Waals surface area contributed by atoms with Crippen LogP contribution in [-0.4, -0.2) is 0 Å². The van der Waals surface area contributed by atoms with Crippen molar-refractivity contribution in [1.29, 1.82) is 0 Å². The predicted octanol–water partition coefficient (Wildman–Crippen LogP) is 13.1. The summed E-state index contributed by atoms with van der Waals surface area (Å²) in [5, 5.41) is 0. The van der Waals surface area contributed by atoms with Crippen molar-refractivity contribution in [3.05, 3.63) is 210 Å². The molecule has 0 amide bonds. The summed E-state index contributed by atoms with van der Waals surface area (Å²) in [4.78, 5) is 2.45. The summed E-state index contributed by atoms with van der Waals surface area (Å²) in [6, 6.07) is 65.3. The normalized spacial score (nSPS) is 18.9. The Balaban J connectivity index is 1.17. The molecule has 0 N–H and O–H groups in total. The van der Waals surface area contributed by atoms with Crippen molar-refractivity contribution >= 4 is 17.1 Å². The molecule has 0 saturated heterocycles. The van der Waals surface area contributed by atoms with Crippen molar-refractivity contribution in [2.45, 2.75) is 24.7 Å². The first kappa shape index (κ1) is 29.9. The lowest BCUT2D eigenvalue weighted by atomic mass is 9.62. The first-order valence-corrected chi connectivity index (χ1v) is 18.3. The molecule has 3 aliphatic rings. The molecule has 244 valence electrons. The predicted molar refractivity (Wildman–Crippen MR) is 213 cm³/mol. The maximum absolute atomic E-state index is 2.54. The molecule has 1 spiro atoms.